The third-order valence-electron chi connectivity index (χ3n) is 5.31. The van der Waals surface area contributed by atoms with Gasteiger partial charge >= 0.3 is 0 Å². The van der Waals surface area contributed by atoms with E-state index < -0.39 is 0 Å². The lowest BCUT2D eigenvalue weighted by Gasteiger charge is -2.34. The molecule has 2 saturated heterocycles. The van der Waals surface area contributed by atoms with Crippen molar-refractivity contribution in [3.63, 3.8) is 0 Å². The van der Waals surface area contributed by atoms with E-state index in [0.29, 0.717) is 18.5 Å². The van der Waals surface area contributed by atoms with Crippen molar-refractivity contribution in [2.75, 3.05) is 33.4 Å². The van der Waals surface area contributed by atoms with E-state index in [4.69, 9.17) is 24.5 Å². The zero-order chi connectivity index (χ0) is 19.9. The maximum Gasteiger partial charge on any atom is 0.290 e. The van der Waals surface area contributed by atoms with E-state index >= 15 is 0 Å². The van der Waals surface area contributed by atoms with Gasteiger partial charge < -0.3 is 24.3 Å². The van der Waals surface area contributed by atoms with Crippen LogP contribution in [0.5, 0.6) is 5.75 Å². The smallest absolute Gasteiger partial charge is 0.290 e. The summed E-state index contributed by atoms with van der Waals surface area (Å²) in [5.74, 6) is 1.83. The minimum atomic E-state index is -0.250. The van der Waals surface area contributed by atoms with Crippen LogP contribution in [0.3, 0.4) is 0 Å². The largest absolute Gasteiger partial charge is 0.497 e. The summed E-state index contributed by atoms with van der Waals surface area (Å²) in [6.45, 7) is 2.60. The first-order valence-corrected chi connectivity index (χ1v) is 9.41. The number of ether oxygens (including phenoxy) is 2. The lowest BCUT2D eigenvalue weighted by atomic mass is 10.1. The second-order valence-electron chi connectivity index (χ2n) is 6.96. The highest BCUT2D eigenvalue weighted by Gasteiger charge is 2.38. The molecular formula is C20H27N3O5. The average Bonchev–Trinajstić information content (AvgIpc) is 3.35. The van der Waals surface area contributed by atoms with E-state index in [9.17, 15) is 0 Å². The Kier molecular flexibility index (Phi) is 7.02. The molecule has 2 aliphatic rings. The number of aromatic nitrogens is 2. The van der Waals surface area contributed by atoms with Crippen molar-refractivity contribution < 1.29 is 24.5 Å². The fraction of sp³-hybridized carbons (Fsp3) is 0.500. The van der Waals surface area contributed by atoms with Crippen molar-refractivity contribution in [3.8, 4) is 17.1 Å². The number of carbonyl (C=O) groups is 1. The first-order chi connectivity index (χ1) is 13.7. The lowest BCUT2D eigenvalue weighted by molar-refractivity contribution is -0.122. The highest BCUT2D eigenvalue weighted by molar-refractivity contribution is 5.58. The fourth-order valence-corrected chi connectivity index (χ4v) is 4.03. The summed E-state index contributed by atoms with van der Waals surface area (Å²) in [7, 11) is 1.68. The standard InChI is InChI=1S/C19H25N3O3.CH2O2/c1-24-17-4-2-3-14(9-17)19-20-6-7-22(19)15-10-16-13-25-18(5-8-23)12-21(16)11-15;2-1-3/h2-4,6-7,9,15-16,18,23H,5,8,10-13H2,1H3;1H,(H,2,3)/t15-,16+,18+;/m1./s1. The number of aliphatic hydroxyl groups excluding tert-OH is 1. The maximum absolute atomic E-state index is 9.15. The van der Waals surface area contributed by atoms with Crippen molar-refractivity contribution >= 4 is 6.47 Å². The van der Waals surface area contributed by atoms with Crippen LogP contribution < -0.4 is 4.74 Å². The van der Waals surface area contributed by atoms with Crippen LogP contribution in [0.15, 0.2) is 36.7 Å². The summed E-state index contributed by atoms with van der Waals surface area (Å²) in [6.07, 6.45) is 5.88. The van der Waals surface area contributed by atoms with Gasteiger partial charge in [-0.3, -0.25) is 9.69 Å². The van der Waals surface area contributed by atoms with Crippen LogP contribution in [0, 0.1) is 0 Å². The van der Waals surface area contributed by atoms with Gasteiger partial charge in [-0.25, -0.2) is 4.98 Å². The van der Waals surface area contributed by atoms with Gasteiger partial charge in [0.25, 0.3) is 6.47 Å². The molecule has 0 unspecified atom stereocenters. The van der Waals surface area contributed by atoms with Crippen molar-refractivity contribution in [2.24, 2.45) is 0 Å². The molecular weight excluding hydrogens is 362 g/mol. The predicted molar refractivity (Wildman–Crippen MR) is 103 cm³/mol. The number of methoxy groups -OCH3 is 1. The second kappa shape index (κ2) is 9.68. The summed E-state index contributed by atoms with van der Waals surface area (Å²) >= 11 is 0. The van der Waals surface area contributed by atoms with Gasteiger partial charge in [-0.2, -0.15) is 0 Å². The van der Waals surface area contributed by atoms with Gasteiger partial charge in [-0.1, -0.05) is 12.1 Å². The molecule has 8 nitrogen and oxygen atoms in total. The molecule has 3 atom stereocenters. The molecule has 28 heavy (non-hydrogen) atoms. The van der Waals surface area contributed by atoms with Crippen LogP contribution in [0.25, 0.3) is 11.4 Å². The Labute approximate surface area is 164 Å². The second-order valence-corrected chi connectivity index (χ2v) is 6.96. The number of imidazole rings is 1. The Bertz CT molecular complexity index is 766. The van der Waals surface area contributed by atoms with E-state index in [-0.39, 0.29) is 19.2 Å². The van der Waals surface area contributed by atoms with Crippen molar-refractivity contribution in [3.05, 3.63) is 36.7 Å². The number of morpholine rings is 1. The minimum absolute atomic E-state index is 0.153. The zero-order valence-corrected chi connectivity index (χ0v) is 16.0. The Hall–Kier alpha value is -2.42. The molecule has 1 aromatic heterocycles. The third kappa shape index (κ3) is 4.52. The molecule has 0 amide bonds. The number of hydrogen-bond acceptors (Lipinski definition) is 6. The van der Waals surface area contributed by atoms with Gasteiger partial charge in [-0.05, 0) is 25.0 Å². The average molecular weight is 389 g/mol. The summed E-state index contributed by atoms with van der Waals surface area (Å²) in [5.41, 5.74) is 1.07. The fourth-order valence-electron chi connectivity index (χ4n) is 4.03. The number of hydrogen-bond donors (Lipinski definition) is 2. The summed E-state index contributed by atoms with van der Waals surface area (Å²) in [6, 6.07) is 8.90. The van der Waals surface area contributed by atoms with Crippen LogP contribution in [-0.2, 0) is 9.53 Å². The molecule has 1 aromatic carbocycles. The lowest BCUT2D eigenvalue weighted by Crippen LogP contribution is -2.46. The summed E-state index contributed by atoms with van der Waals surface area (Å²) < 4.78 is 13.5. The molecule has 0 saturated carbocycles. The highest BCUT2D eigenvalue weighted by Crippen LogP contribution is 2.34. The van der Waals surface area contributed by atoms with Crippen LogP contribution in [0.4, 0.5) is 0 Å². The van der Waals surface area contributed by atoms with Crippen LogP contribution >= 0.6 is 0 Å². The number of carboxylic acid groups (broad SMARTS) is 1. The quantitative estimate of drug-likeness (QED) is 0.751. The molecule has 2 aromatic rings. The number of rotatable bonds is 5. The highest BCUT2D eigenvalue weighted by atomic mass is 16.5. The first kappa shape index (κ1) is 20.3. The van der Waals surface area contributed by atoms with Crippen LogP contribution in [0.1, 0.15) is 18.9 Å². The number of nitrogens with zero attached hydrogens (tertiary/aromatic N) is 3. The van der Waals surface area contributed by atoms with Gasteiger partial charge in [0, 0.05) is 49.7 Å². The normalized spacial score (nSPS) is 24.1. The van der Waals surface area contributed by atoms with E-state index in [1.165, 1.54) is 0 Å². The number of benzene rings is 1. The molecule has 2 aliphatic heterocycles. The molecule has 3 heterocycles. The molecule has 0 aliphatic carbocycles. The SMILES string of the molecule is COc1cccc(-c2nccn2[C@@H]2C[C@H]3CO[C@@H](CCO)CN3C2)c1.O=CO. The maximum atomic E-state index is 9.15. The minimum Gasteiger partial charge on any atom is -0.497 e. The van der Waals surface area contributed by atoms with Gasteiger partial charge in [0.15, 0.2) is 0 Å². The molecule has 2 N–H and O–H groups in total. The van der Waals surface area contributed by atoms with E-state index in [1.54, 1.807) is 7.11 Å². The van der Waals surface area contributed by atoms with E-state index in [2.05, 4.69) is 26.7 Å². The molecule has 2 fully saturated rings. The topological polar surface area (TPSA) is 97.1 Å². The van der Waals surface area contributed by atoms with Gasteiger partial charge in [-0.15, -0.1) is 0 Å². The Morgan fingerprint density at radius 3 is 2.93 bits per heavy atom. The van der Waals surface area contributed by atoms with Gasteiger partial charge in [0.1, 0.15) is 11.6 Å². The Balaban J connectivity index is 0.000000706. The van der Waals surface area contributed by atoms with Gasteiger partial charge in [0.2, 0.25) is 0 Å². The van der Waals surface area contributed by atoms with Gasteiger partial charge in [0.05, 0.1) is 19.8 Å². The molecule has 0 radical (unpaired) electrons. The molecule has 0 spiro atoms. The third-order valence-corrected chi connectivity index (χ3v) is 5.31. The van der Waals surface area contributed by atoms with Crippen LogP contribution in [-0.4, -0.2) is 76.7 Å². The summed E-state index contributed by atoms with van der Waals surface area (Å²) in [5, 5.41) is 16.0. The monoisotopic (exact) mass is 389 g/mol. The van der Waals surface area contributed by atoms with E-state index in [0.717, 1.165) is 43.3 Å². The molecule has 152 valence electrons. The zero-order valence-electron chi connectivity index (χ0n) is 16.0. The molecule has 8 heteroatoms. The Morgan fingerprint density at radius 2 is 2.18 bits per heavy atom. The molecule has 0 bridgehead atoms. The number of aliphatic hydroxyl groups is 1. The predicted octanol–water partition coefficient (Wildman–Crippen LogP) is 1.66. The number of fused-ring (bicyclic) bond motifs is 1. The summed E-state index contributed by atoms with van der Waals surface area (Å²) in [4.78, 5) is 15.5. The Morgan fingerprint density at radius 1 is 1.36 bits per heavy atom. The van der Waals surface area contributed by atoms with Crippen molar-refractivity contribution in [1.29, 1.82) is 0 Å². The first-order valence-electron chi connectivity index (χ1n) is 9.41. The van der Waals surface area contributed by atoms with Crippen LogP contribution in [0.2, 0.25) is 0 Å². The van der Waals surface area contributed by atoms with Crippen molar-refractivity contribution in [2.45, 2.75) is 31.0 Å². The molecule has 4 rings (SSSR count). The van der Waals surface area contributed by atoms with Crippen molar-refractivity contribution in [1.82, 2.24) is 14.5 Å². The van der Waals surface area contributed by atoms with E-state index in [1.807, 2.05) is 24.4 Å².